The Labute approximate surface area is 99.5 Å². The van der Waals surface area contributed by atoms with Gasteiger partial charge in [0.15, 0.2) is 0 Å². The molecule has 2 fully saturated rings. The Morgan fingerprint density at radius 1 is 1.19 bits per heavy atom. The van der Waals surface area contributed by atoms with Gasteiger partial charge in [0.2, 0.25) is 0 Å². The maximum absolute atomic E-state index is 6.05. The molecule has 1 heterocycles. The van der Waals surface area contributed by atoms with Gasteiger partial charge in [0.05, 0.1) is 12.2 Å². The highest BCUT2D eigenvalue weighted by Gasteiger charge is 2.28. The van der Waals surface area contributed by atoms with E-state index in [1.807, 2.05) is 0 Å². The molecule has 1 aliphatic carbocycles. The molecule has 1 saturated carbocycles. The summed E-state index contributed by atoms with van der Waals surface area (Å²) in [6, 6.07) is 0.811. The summed E-state index contributed by atoms with van der Waals surface area (Å²) in [5.41, 5.74) is 0. The Morgan fingerprint density at radius 3 is 2.62 bits per heavy atom. The molecule has 3 nitrogen and oxygen atoms in total. The van der Waals surface area contributed by atoms with Crippen LogP contribution >= 0.6 is 0 Å². The van der Waals surface area contributed by atoms with Crippen molar-refractivity contribution < 1.29 is 4.74 Å². The minimum atomic E-state index is 0.473. The molecule has 3 heteroatoms. The van der Waals surface area contributed by atoms with E-state index in [2.05, 4.69) is 24.2 Å². The van der Waals surface area contributed by atoms with Crippen LogP contribution in [0, 0.1) is 0 Å². The highest BCUT2D eigenvalue weighted by Crippen LogP contribution is 2.22. The highest BCUT2D eigenvalue weighted by atomic mass is 16.5. The lowest BCUT2D eigenvalue weighted by molar-refractivity contribution is 0.0278. The van der Waals surface area contributed by atoms with E-state index in [1.165, 1.54) is 38.6 Å². The molecule has 2 unspecified atom stereocenters. The summed E-state index contributed by atoms with van der Waals surface area (Å²) in [4.78, 5) is 2.39. The highest BCUT2D eigenvalue weighted by molar-refractivity contribution is 4.84. The molecule has 2 atom stereocenters. The lowest BCUT2D eigenvalue weighted by Crippen LogP contribution is -2.32. The van der Waals surface area contributed by atoms with Gasteiger partial charge in [-0.05, 0) is 45.7 Å². The fraction of sp³-hybridized carbons (Fsp3) is 1.00. The number of nitrogens with zero attached hydrogens (tertiary/aromatic N) is 1. The van der Waals surface area contributed by atoms with Crippen molar-refractivity contribution in [2.45, 2.75) is 57.3 Å². The molecule has 16 heavy (non-hydrogen) atoms. The number of rotatable bonds is 7. The Hall–Kier alpha value is -0.120. The number of nitrogens with one attached hydrogen (secondary N) is 1. The van der Waals surface area contributed by atoms with Crippen LogP contribution < -0.4 is 5.32 Å². The van der Waals surface area contributed by atoms with Gasteiger partial charge in [-0.1, -0.05) is 6.92 Å². The fourth-order valence-electron chi connectivity index (χ4n) is 2.47. The van der Waals surface area contributed by atoms with Gasteiger partial charge in [-0.25, -0.2) is 0 Å². The second-order valence-corrected chi connectivity index (χ2v) is 5.40. The summed E-state index contributed by atoms with van der Waals surface area (Å²) in [6.45, 7) is 5.59. The van der Waals surface area contributed by atoms with Gasteiger partial charge in [-0.3, -0.25) is 0 Å². The van der Waals surface area contributed by atoms with Gasteiger partial charge < -0.3 is 15.0 Å². The van der Waals surface area contributed by atoms with Crippen LogP contribution in [0.3, 0.4) is 0 Å². The van der Waals surface area contributed by atoms with Crippen molar-refractivity contribution in [1.82, 2.24) is 10.2 Å². The molecular weight excluding hydrogens is 200 g/mol. The van der Waals surface area contributed by atoms with Gasteiger partial charge in [0.25, 0.3) is 0 Å². The van der Waals surface area contributed by atoms with Gasteiger partial charge in [-0.2, -0.15) is 0 Å². The van der Waals surface area contributed by atoms with Crippen molar-refractivity contribution in [2.75, 3.05) is 26.7 Å². The molecule has 1 saturated heterocycles. The molecule has 0 aromatic rings. The maximum atomic E-state index is 6.05. The van der Waals surface area contributed by atoms with E-state index in [4.69, 9.17) is 4.74 Å². The van der Waals surface area contributed by atoms with Crippen LogP contribution in [0.5, 0.6) is 0 Å². The molecule has 0 bridgehead atoms. The van der Waals surface area contributed by atoms with E-state index in [0.717, 1.165) is 19.1 Å². The second kappa shape index (κ2) is 5.99. The first-order valence-electron chi connectivity index (χ1n) is 6.85. The van der Waals surface area contributed by atoms with Crippen molar-refractivity contribution in [3.63, 3.8) is 0 Å². The fourth-order valence-corrected chi connectivity index (χ4v) is 2.47. The first-order valence-corrected chi connectivity index (χ1v) is 6.85. The lowest BCUT2D eigenvalue weighted by Gasteiger charge is -2.20. The van der Waals surface area contributed by atoms with E-state index in [0.29, 0.717) is 12.2 Å². The number of hydrogen-bond acceptors (Lipinski definition) is 3. The van der Waals surface area contributed by atoms with Crippen LogP contribution in [-0.4, -0.2) is 49.8 Å². The second-order valence-electron chi connectivity index (χ2n) is 5.40. The predicted octanol–water partition coefficient (Wildman–Crippen LogP) is 1.63. The Morgan fingerprint density at radius 2 is 1.94 bits per heavy atom. The summed E-state index contributed by atoms with van der Waals surface area (Å²) in [5, 5.41) is 3.56. The predicted molar refractivity (Wildman–Crippen MR) is 66.7 cm³/mol. The van der Waals surface area contributed by atoms with Crippen molar-refractivity contribution in [2.24, 2.45) is 0 Å². The van der Waals surface area contributed by atoms with E-state index >= 15 is 0 Å². The zero-order chi connectivity index (χ0) is 11.4. The van der Waals surface area contributed by atoms with Gasteiger partial charge in [-0.15, -0.1) is 0 Å². The molecule has 0 spiro atoms. The Kier molecular flexibility index (Phi) is 4.62. The summed E-state index contributed by atoms with van der Waals surface area (Å²) in [6.07, 6.45) is 7.40. The third-order valence-electron chi connectivity index (χ3n) is 3.53. The topological polar surface area (TPSA) is 24.5 Å². The number of likely N-dealkylation sites (N-methyl/N-ethyl adjacent to an activating group) is 1. The SMILES string of the molecule is CCCN(C)CC1CCC(CNC2CC2)O1. The Balaban J connectivity index is 1.58. The van der Waals surface area contributed by atoms with E-state index < -0.39 is 0 Å². The Bertz CT molecular complexity index is 206. The van der Waals surface area contributed by atoms with Crippen molar-refractivity contribution in [3.8, 4) is 0 Å². The molecule has 0 amide bonds. The van der Waals surface area contributed by atoms with E-state index in [1.54, 1.807) is 0 Å². The monoisotopic (exact) mass is 226 g/mol. The van der Waals surface area contributed by atoms with Gasteiger partial charge in [0, 0.05) is 19.1 Å². The average molecular weight is 226 g/mol. The van der Waals surface area contributed by atoms with E-state index in [9.17, 15) is 0 Å². The van der Waals surface area contributed by atoms with Gasteiger partial charge >= 0.3 is 0 Å². The van der Waals surface area contributed by atoms with Crippen LogP contribution in [0.1, 0.15) is 39.0 Å². The molecule has 0 aromatic carbocycles. The van der Waals surface area contributed by atoms with Crippen molar-refractivity contribution in [1.29, 1.82) is 0 Å². The summed E-state index contributed by atoms with van der Waals surface area (Å²) in [5.74, 6) is 0. The van der Waals surface area contributed by atoms with Crippen LogP contribution in [0.25, 0.3) is 0 Å². The summed E-state index contributed by atoms with van der Waals surface area (Å²) < 4.78 is 6.05. The molecule has 1 N–H and O–H groups in total. The van der Waals surface area contributed by atoms with E-state index in [-0.39, 0.29) is 0 Å². The van der Waals surface area contributed by atoms with Crippen LogP contribution in [0.4, 0.5) is 0 Å². The molecule has 94 valence electrons. The summed E-state index contributed by atoms with van der Waals surface area (Å²) >= 11 is 0. The molecule has 2 aliphatic rings. The largest absolute Gasteiger partial charge is 0.372 e. The standard InChI is InChI=1S/C13H26N2O/c1-3-8-15(2)10-13-7-6-12(16-13)9-14-11-4-5-11/h11-14H,3-10H2,1-2H3. The van der Waals surface area contributed by atoms with Crippen LogP contribution in [0.2, 0.25) is 0 Å². The first kappa shape index (κ1) is 12.3. The normalized spacial score (nSPS) is 30.2. The zero-order valence-corrected chi connectivity index (χ0v) is 10.7. The lowest BCUT2D eigenvalue weighted by atomic mass is 10.2. The third kappa shape index (κ3) is 4.04. The minimum absolute atomic E-state index is 0.473. The minimum Gasteiger partial charge on any atom is -0.372 e. The number of ether oxygens (including phenoxy) is 1. The maximum Gasteiger partial charge on any atom is 0.0707 e. The zero-order valence-electron chi connectivity index (χ0n) is 10.7. The molecule has 0 aromatic heterocycles. The van der Waals surface area contributed by atoms with Gasteiger partial charge in [0.1, 0.15) is 0 Å². The van der Waals surface area contributed by atoms with Crippen LogP contribution in [0.15, 0.2) is 0 Å². The quantitative estimate of drug-likeness (QED) is 0.714. The molecular formula is C13H26N2O. The van der Waals surface area contributed by atoms with Crippen LogP contribution in [-0.2, 0) is 4.74 Å². The van der Waals surface area contributed by atoms with Crippen molar-refractivity contribution >= 4 is 0 Å². The molecule has 0 radical (unpaired) electrons. The third-order valence-corrected chi connectivity index (χ3v) is 3.53. The molecule has 2 rings (SSSR count). The molecule has 1 aliphatic heterocycles. The summed E-state index contributed by atoms with van der Waals surface area (Å²) in [7, 11) is 2.20. The number of hydrogen-bond donors (Lipinski definition) is 1. The van der Waals surface area contributed by atoms with Crippen molar-refractivity contribution in [3.05, 3.63) is 0 Å². The average Bonchev–Trinajstić information content (AvgIpc) is 2.98. The smallest absolute Gasteiger partial charge is 0.0707 e. The first-order chi connectivity index (χ1) is 7.78.